The number of hydrogen-bond donors (Lipinski definition) is 1. The second-order valence-electron chi connectivity index (χ2n) is 7.61. The molecule has 5 rings (SSSR count). The first-order valence-electron chi connectivity index (χ1n) is 10.1. The highest BCUT2D eigenvalue weighted by Crippen LogP contribution is 2.40. The fourth-order valence-electron chi connectivity index (χ4n) is 3.48. The van der Waals surface area contributed by atoms with E-state index in [9.17, 15) is 9.59 Å². The standard InChI is InChI=1S/C21H20N6O4/c1-3-13-11(2)22-21(24-19(13)28)27-18(10-14(25-27)16-5-4-8-30-16)23-20(29)15-9-17(31-26-15)12-6-7-12/h4-5,8-10,12-13H,3,6-7H2,1-2H3,(H,23,29). The number of carbonyl (C=O) groups is 2. The van der Waals surface area contributed by atoms with Crippen LogP contribution in [0.5, 0.6) is 0 Å². The summed E-state index contributed by atoms with van der Waals surface area (Å²) in [5.41, 5.74) is 1.27. The number of aromatic nitrogens is 3. The molecule has 0 saturated heterocycles. The number of anilines is 1. The highest BCUT2D eigenvalue weighted by atomic mass is 16.5. The summed E-state index contributed by atoms with van der Waals surface area (Å²) in [5, 5.41) is 11.1. The van der Waals surface area contributed by atoms with Gasteiger partial charge in [0.1, 0.15) is 17.3 Å². The molecular formula is C21H20N6O4. The van der Waals surface area contributed by atoms with Crippen molar-refractivity contribution in [2.45, 2.75) is 39.0 Å². The summed E-state index contributed by atoms with van der Waals surface area (Å²) in [6, 6.07) is 6.75. The fourth-order valence-corrected chi connectivity index (χ4v) is 3.48. The number of carbonyl (C=O) groups excluding carboxylic acids is 2. The van der Waals surface area contributed by atoms with Gasteiger partial charge in [0, 0.05) is 23.8 Å². The van der Waals surface area contributed by atoms with E-state index < -0.39 is 5.91 Å². The summed E-state index contributed by atoms with van der Waals surface area (Å²) in [6.07, 6.45) is 4.22. The van der Waals surface area contributed by atoms with Gasteiger partial charge in [0.05, 0.1) is 12.2 Å². The molecule has 0 aromatic carbocycles. The molecule has 1 atom stereocenters. The molecule has 1 aliphatic heterocycles. The molecule has 4 heterocycles. The Kier molecular flexibility index (Phi) is 4.61. The van der Waals surface area contributed by atoms with Crippen LogP contribution >= 0.6 is 0 Å². The van der Waals surface area contributed by atoms with Gasteiger partial charge in [0.25, 0.3) is 17.8 Å². The minimum atomic E-state index is -0.460. The van der Waals surface area contributed by atoms with Crippen molar-refractivity contribution in [2.24, 2.45) is 15.9 Å². The van der Waals surface area contributed by atoms with Crippen LogP contribution in [-0.4, -0.2) is 38.4 Å². The maximum Gasteiger partial charge on any atom is 0.279 e. The monoisotopic (exact) mass is 420 g/mol. The Hall–Kier alpha value is -3.82. The summed E-state index contributed by atoms with van der Waals surface area (Å²) < 4.78 is 12.0. The van der Waals surface area contributed by atoms with Crippen LogP contribution in [0.4, 0.5) is 5.82 Å². The maximum atomic E-state index is 12.8. The lowest BCUT2D eigenvalue weighted by molar-refractivity contribution is -0.119. The van der Waals surface area contributed by atoms with Crippen LogP contribution in [0.15, 0.2) is 49.5 Å². The third-order valence-electron chi connectivity index (χ3n) is 5.35. The quantitative estimate of drug-likeness (QED) is 0.673. The van der Waals surface area contributed by atoms with E-state index in [2.05, 4.69) is 25.6 Å². The average molecular weight is 420 g/mol. The van der Waals surface area contributed by atoms with Gasteiger partial charge in [0.15, 0.2) is 11.5 Å². The molecule has 0 radical (unpaired) electrons. The predicted octanol–water partition coefficient (Wildman–Crippen LogP) is 3.49. The molecule has 1 unspecified atom stereocenters. The first kappa shape index (κ1) is 19.2. The predicted molar refractivity (Wildman–Crippen MR) is 111 cm³/mol. The zero-order valence-electron chi connectivity index (χ0n) is 17.0. The summed E-state index contributed by atoms with van der Waals surface area (Å²) >= 11 is 0. The van der Waals surface area contributed by atoms with Crippen molar-refractivity contribution in [3.63, 3.8) is 0 Å². The molecule has 1 N–H and O–H groups in total. The minimum Gasteiger partial charge on any atom is -0.463 e. The first-order valence-corrected chi connectivity index (χ1v) is 10.1. The van der Waals surface area contributed by atoms with Gasteiger partial charge in [-0.15, -0.1) is 0 Å². The molecule has 2 aliphatic rings. The third kappa shape index (κ3) is 3.60. The van der Waals surface area contributed by atoms with E-state index >= 15 is 0 Å². The van der Waals surface area contributed by atoms with Crippen LogP contribution in [-0.2, 0) is 4.79 Å². The van der Waals surface area contributed by atoms with E-state index in [-0.39, 0.29) is 29.3 Å². The maximum absolute atomic E-state index is 12.8. The van der Waals surface area contributed by atoms with Crippen molar-refractivity contribution >= 4 is 29.3 Å². The number of furan rings is 1. The van der Waals surface area contributed by atoms with E-state index in [1.807, 2.05) is 6.92 Å². The SMILES string of the molecule is CCC1C(=O)N=C(n2nc(-c3ccco3)cc2NC(=O)c2cc(C3CC3)on2)N=C1C. The van der Waals surface area contributed by atoms with Gasteiger partial charge in [0.2, 0.25) is 0 Å². The number of nitrogens with one attached hydrogen (secondary N) is 1. The van der Waals surface area contributed by atoms with Gasteiger partial charge >= 0.3 is 0 Å². The van der Waals surface area contributed by atoms with E-state index in [1.165, 1.54) is 10.9 Å². The highest BCUT2D eigenvalue weighted by Gasteiger charge is 2.30. The molecule has 0 bridgehead atoms. The number of hydrogen-bond acceptors (Lipinski definition) is 7. The van der Waals surface area contributed by atoms with E-state index in [1.54, 1.807) is 31.2 Å². The average Bonchev–Trinajstić information content (AvgIpc) is 3.15. The molecule has 3 aromatic heterocycles. The van der Waals surface area contributed by atoms with Crippen molar-refractivity contribution in [1.82, 2.24) is 14.9 Å². The Morgan fingerprint density at radius 3 is 2.81 bits per heavy atom. The Bertz CT molecular complexity index is 1210. The Labute approximate surface area is 177 Å². The summed E-state index contributed by atoms with van der Waals surface area (Å²) in [6.45, 7) is 3.69. The van der Waals surface area contributed by atoms with Gasteiger partial charge in [-0.3, -0.25) is 9.59 Å². The van der Waals surface area contributed by atoms with E-state index in [0.717, 1.165) is 12.8 Å². The molecule has 10 heteroatoms. The zero-order chi connectivity index (χ0) is 21.5. The lowest BCUT2D eigenvalue weighted by atomic mass is 10.00. The van der Waals surface area contributed by atoms with Crippen molar-refractivity contribution < 1.29 is 18.5 Å². The molecule has 158 valence electrons. The molecule has 0 spiro atoms. The first-order chi connectivity index (χ1) is 15.0. The summed E-state index contributed by atoms with van der Waals surface area (Å²) in [7, 11) is 0. The van der Waals surface area contributed by atoms with E-state index in [4.69, 9.17) is 8.94 Å². The third-order valence-corrected chi connectivity index (χ3v) is 5.35. The number of rotatable bonds is 5. The van der Waals surface area contributed by atoms with Crippen LogP contribution < -0.4 is 5.32 Å². The smallest absolute Gasteiger partial charge is 0.279 e. The Balaban J connectivity index is 1.50. The topological polar surface area (TPSA) is 128 Å². The number of amides is 2. The van der Waals surface area contributed by atoms with Crippen LogP contribution in [0.2, 0.25) is 0 Å². The lowest BCUT2D eigenvalue weighted by Gasteiger charge is -2.17. The highest BCUT2D eigenvalue weighted by molar-refractivity contribution is 6.16. The summed E-state index contributed by atoms with van der Waals surface area (Å²) in [4.78, 5) is 33.8. The molecule has 3 aromatic rings. The molecule has 31 heavy (non-hydrogen) atoms. The van der Waals surface area contributed by atoms with Gasteiger partial charge in [-0.05, 0) is 38.3 Å². The fraction of sp³-hybridized carbons (Fsp3) is 0.333. The van der Waals surface area contributed by atoms with Crippen LogP contribution in [0.25, 0.3) is 11.5 Å². The zero-order valence-corrected chi connectivity index (χ0v) is 17.0. The number of aliphatic imine (C=N–C) groups is 2. The summed E-state index contributed by atoms with van der Waals surface area (Å²) in [5.74, 6) is 0.823. The van der Waals surface area contributed by atoms with E-state index in [0.29, 0.717) is 35.3 Å². The lowest BCUT2D eigenvalue weighted by Crippen LogP contribution is -2.30. The normalized spacial score (nSPS) is 18.6. The molecule has 10 nitrogen and oxygen atoms in total. The Morgan fingerprint density at radius 1 is 1.29 bits per heavy atom. The molecule has 1 aliphatic carbocycles. The van der Waals surface area contributed by atoms with Crippen molar-refractivity contribution in [3.05, 3.63) is 42.0 Å². The molecule has 2 amide bonds. The molecule has 1 saturated carbocycles. The van der Waals surface area contributed by atoms with Gasteiger partial charge < -0.3 is 14.3 Å². The second kappa shape index (κ2) is 7.46. The minimum absolute atomic E-state index is 0.0825. The van der Waals surface area contributed by atoms with Crippen molar-refractivity contribution in [3.8, 4) is 11.5 Å². The van der Waals surface area contributed by atoms with Crippen LogP contribution in [0.3, 0.4) is 0 Å². The molecule has 1 fully saturated rings. The molecular weight excluding hydrogens is 400 g/mol. The van der Waals surface area contributed by atoms with Crippen molar-refractivity contribution in [1.29, 1.82) is 0 Å². The van der Waals surface area contributed by atoms with Crippen LogP contribution in [0, 0.1) is 5.92 Å². The largest absolute Gasteiger partial charge is 0.463 e. The Morgan fingerprint density at radius 2 is 2.13 bits per heavy atom. The van der Waals surface area contributed by atoms with Crippen molar-refractivity contribution in [2.75, 3.05) is 5.32 Å². The van der Waals surface area contributed by atoms with Gasteiger partial charge in [-0.1, -0.05) is 12.1 Å². The van der Waals surface area contributed by atoms with Gasteiger partial charge in [-0.25, -0.2) is 4.99 Å². The number of nitrogens with zero attached hydrogens (tertiary/aromatic N) is 5. The van der Waals surface area contributed by atoms with Gasteiger partial charge in [-0.2, -0.15) is 14.8 Å². The van der Waals surface area contributed by atoms with Crippen LogP contribution in [0.1, 0.15) is 55.3 Å². The second-order valence-corrected chi connectivity index (χ2v) is 7.61.